The van der Waals surface area contributed by atoms with E-state index in [1.165, 1.54) is 11.1 Å². The van der Waals surface area contributed by atoms with Gasteiger partial charge < -0.3 is 4.74 Å². The molecule has 168 valence electrons. The lowest BCUT2D eigenvalue weighted by molar-refractivity contribution is -0.112. The van der Waals surface area contributed by atoms with Crippen LogP contribution in [-0.4, -0.2) is 36.3 Å². The Hall–Kier alpha value is -3.44. The molecular formula is C28H29N3O2. The van der Waals surface area contributed by atoms with Crippen LogP contribution in [0.25, 0.3) is 0 Å². The van der Waals surface area contributed by atoms with Gasteiger partial charge in [-0.25, -0.2) is 4.99 Å². The fraction of sp³-hybridized carbons (Fsp3) is 0.286. The van der Waals surface area contributed by atoms with Crippen molar-refractivity contribution >= 4 is 23.0 Å². The molecule has 0 fully saturated rings. The Balaban J connectivity index is 1.35. The number of carbonyl (C=O) groups is 1. The van der Waals surface area contributed by atoms with Gasteiger partial charge in [-0.05, 0) is 54.3 Å². The van der Waals surface area contributed by atoms with Crippen LogP contribution in [0.4, 0.5) is 11.4 Å². The number of aliphatic imine (C=N–C) groups is 1. The predicted molar refractivity (Wildman–Crippen MR) is 132 cm³/mol. The summed E-state index contributed by atoms with van der Waals surface area (Å²) in [6.07, 6.45) is 3.15. The van der Waals surface area contributed by atoms with E-state index in [-0.39, 0.29) is 5.91 Å². The maximum atomic E-state index is 13.5. The van der Waals surface area contributed by atoms with Crippen LogP contribution in [0.2, 0.25) is 0 Å². The minimum Gasteiger partial charge on any atom is -0.494 e. The molecule has 2 heterocycles. The largest absolute Gasteiger partial charge is 0.494 e. The van der Waals surface area contributed by atoms with Crippen molar-refractivity contribution in [3.05, 3.63) is 89.5 Å². The van der Waals surface area contributed by atoms with Gasteiger partial charge in [0.25, 0.3) is 5.91 Å². The first kappa shape index (κ1) is 21.4. The molecule has 0 saturated heterocycles. The van der Waals surface area contributed by atoms with Crippen LogP contribution in [0.5, 0.6) is 5.75 Å². The van der Waals surface area contributed by atoms with Crippen LogP contribution in [-0.2, 0) is 17.8 Å². The average molecular weight is 440 g/mol. The summed E-state index contributed by atoms with van der Waals surface area (Å²) in [6, 6.07) is 24.2. The van der Waals surface area contributed by atoms with Gasteiger partial charge in [0.1, 0.15) is 11.5 Å². The summed E-state index contributed by atoms with van der Waals surface area (Å²) in [5, 5.41) is 0. The molecule has 3 aromatic carbocycles. The van der Waals surface area contributed by atoms with E-state index < -0.39 is 0 Å². The smallest absolute Gasteiger partial charge is 0.278 e. The lowest BCUT2D eigenvalue weighted by Crippen LogP contribution is -2.43. The van der Waals surface area contributed by atoms with Crippen molar-refractivity contribution < 1.29 is 9.53 Å². The molecule has 3 aromatic rings. The molecule has 0 aromatic heterocycles. The van der Waals surface area contributed by atoms with E-state index in [2.05, 4.69) is 36.1 Å². The number of carbonyl (C=O) groups excluding carboxylic acids is 1. The molecular weight excluding hydrogens is 410 g/mol. The number of fused-ring (bicyclic) bond motifs is 2. The molecule has 0 N–H and O–H groups in total. The predicted octanol–water partition coefficient (Wildman–Crippen LogP) is 5.35. The summed E-state index contributed by atoms with van der Waals surface area (Å²) in [5.74, 6) is 0.788. The highest BCUT2D eigenvalue weighted by molar-refractivity contribution is 6.54. The van der Waals surface area contributed by atoms with Gasteiger partial charge in [-0.2, -0.15) is 0 Å². The molecule has 5 heteroatoms. The summed E-state index contributed by atoms with van der Waals surface area (Å²) in [5.41, 5.74) is 5.83. The van der Waals surface area contributed by atoms with Crippen LogP contribution in [0.1, 0.15) is 36.5 Å². The van der Waals surface area contributed by atoms with Gasteiger partial charge in [-0.3, -0.25) is 14.6 Å². The van der Waals surface area contributed by atoms with Crippen LogP contribution in [0.3, 0.4) is 0 Å². The topological polar surface area (TPSA) is 45.1 Å². The molecule has 5 nitrogen and oxygen atoms in total. The van der Waals surface area contributed by atoms with Crippen molar-refractivity contribution in [2.24, 2.45) is 4.99 Å². The van der Waals surface area contributed by atoms with E-state index in [9.17, 15) is 4.79 Å². The summed E-state index contributed by atoms with van der Waals surface area (Å²) < 4.78 is 5.75. The third-order valence-corrected chi connectivity index (χ3v) is 6.29. The third-order valence-electron chi connectivity index (χ3n) is 6.29. The van der Waals surface area contributed by atoms with Crippen molar-refractivity contribution in [2.75, 3.05) is 24.7 Å². The molecule has 0 radical (unpaired) electrons. The number of nitrogens with zero attached hydrogens (tertiary/aromatic N) is 3. The highest BCUT2D eigenvalue weighted by atomic mass is 16.5. The summed E-state index contributed by atoms with van der Waals surface area (Å²) in [7, 11) is 0. The number of amides is 1. The van der Waals surface area contributed by atoms with E-state index in [0.717, 1.165) is 55.0 Å². The Morgan fingerprint density at radius 3 is 2.52 bits per heavy atom. The normalized spacial score (nSPS) is 16.7. The second-order valence-corrected chi connectivity index (χ2v) is 8.62. The van der Waals surface area contributed by atoms with E-state index in [4.69, 9.17) is 9.73 Å². The fourth-order valence-electron chi connectivity index (χ4n) is 4.47. The van der Waals surface area contributed by atoms with Crippen molar-refractivity contribution in [1.29, 1.82) is 0 Å². The van der Waals surface area contributed by atoms with Crippen LogP contribution in [0, 0.1) is 0 Å². The van der Waals surface area contributed by atoms with Gasteiger partial charge in [0.15, 0.2) is 0 Å². The maximum absolute atomic E-state index is 13.5. The van der Waals surface area contributed by atoms with Gasteiger partial charge in [0.05, 0.1) is 24.7 Å². The Morgan fingerprint density at radius 2 is 1.70 bits per heavy atom. The van der Waals surface area contributed by atoms with Crippen LogP contribution < -0.4 is 9.64 Å². The number of para-hydroxylation sites is 1. The Labute approximate surface area is 195 Å². The fourth-order valence-corrected chi connectivity index (χ4v) is 4.47. The number of hydrogen-bond acceptors (Lipinski definition) is 4. The molecule has 0 bridgehead atoms. The molecule has 0 unspecified atom stereocenters. The van der Waals surface area contributed by atoms with E-state index in [1.54, 1.807) is 0 Å². The number of rotatable bonds is 7. The molecule has 2 aliphatic heterocycles. The Kier molecular flexibility index (Phi) is 6.22. The monoisotopic (exact) mass is 439 g/mol. The number of anilines is 1. The van der Waals surface area contributed by atoms with E-state index in [1.807, 2.05) is 53.4 Å². The summed E-state index contributed by atoms with van der Waals surface area (Å²) in [6.45, 7) is 5.22. The highest BCUT2D eigenvalue weighted by Gasteiger charge is 2.35. The lowest BCUT2D eigenvalue weighted by Gasteiger charge is -2.32. The number of ether oxygens (including phenoxy) is 1. The van der Waals surface area contributed by atoms with E-state index in [0.29, 0.717) is 19.0 Å². The molecule has 1 amide bonds. The lowest BCUT2D eigenvalue weighted by atomic mass is 10.0. The van der Waals surface area contributed by atoms with Crippen molar-refractivity contribution in [3.8, 4) is 5.75 Å². The van der Waals surface area contributed by atoms with Crippen LogP contribution >= 0.6 is 0 Å². The molecule has 0 atom stereocenters. The molecule has 0 spiro atoms. The highest BCUT2D eigenvalue weighted by Crippen LogP contribution is 2.32. The number of unbranched alkanes of at least 4 members (excludes halogenated alkanes) is 1. The molecule has 33 heavy (non-hydrogen) atoms. The maximum Gasteiger partial charge on any atom is 0.278 e. The quantitative estimate of drug-likeness (QED) is 0.466. The zero-order valence-corrected chi connectivity index (χ0v) is 19.0. The molecule has 0 saturated carbocycles. The van der Waals surface area contributed by atoms with Gasteiger partial charge in [0.2, 0.25) is 0 Å². The first-order chi connectivity index (χ1) is 16.2. The first-order valence-corrected chi connectivity index (χ1v) is 11.7. The SMILES string of the molecule is CCCCOc1ccc(N=C2C(=O)N(CN3CCc4ccccc4C3)c3ccccc32)cc1. The third kappa shape index (κ3) is 4.55. The van der Waals surface area contributed by atoms with Crippen molar-refractivity contribution in [3.63, 3.8) is 0 Å². The standard InChI is InChI=1S/C28H29N3O2/c1-2-3-18-33-24-14-12-23(13-15-24)29-27-25-10-6-7-11-26(25)31(28(27)32)20-30-17-16-21-8-4-5-9-22(21)19-30/h4-15H,2-3,16-20H2,1H3. The molecule has 0 aliphatic carbocycles. The minimum atomic E-state index is -0.0432. The van der Waals surface area contributed by atoms with Gasteiger partial charge >= 0.3 is 0 Å². The summed E-state index contributed by atoms with van der Waals surface area (Å²) in [4.78, 5) is 22.4. The molecule has 2 aliphatic rings. The average Bonchev–Trinajstić information content (AvgIpc) is 3.11. The summed E-state index contributed by atoms with van der Waals surface area (Å²) >= 11 is 0. The second-order valence-electron chi connectivity index (χ2n) is 8.62. The van der Waals surface area contributed by atoms with Crippen LogP contribution in [0.15, 0.2) is 77.8 Å². The van der Waals surface area contributed by atoms with Gasteiger partial charge in [-0.15, -0.1) is 0 Å². The van der Waals surface area contributed by atoms with Crippen molar-refractivity contribution in [1.82, 2.24) is 4.90 Å². The zero-order valence-electron chi connectivity index (χ0n) is 19.0. The number of benzene rings is 3. The minimum absolute atomic E-state index is 0.0432. The first-order valence-electron chi connectivity index (χ1n) is 11.7. The molecule has 5 rings (SSSR count). The zero-order chi connectivity index (χ0) is 22.6. The van der Waals surface area contributed by atoms with Gasteiger partial charge in [-0.1, -0.05) is 55.8 Å². The number of hydrogen-bond donors (Lipinski definition) is 0. The second kappa shape index (κ2) is 9.59. The van der Waals surface area contributed by atoms with Crippen molar-refractivity contribution in [2.45, 2.75) is 32.7 Å². The van der Waals surface area contributed by atoms with E-state index >= 15 is 0 Å². The Bertz CT molecular complexity index is 1170. The Morgan fingerprint density at radius 1 is 0.939 bits per heavy atom. The van der Waals surface area contributed by atoms with Gasteiger partial charge in [0, 0.05) is 18.7 Å².